The zero-order valence-corrected chi connectivity index (χ0v) is 13.8. The van der Waals surface area contributed by atoms with E-state index in [1.54, 1.807) is 30.3 Å². The molecule has 5 nitrogen and oxygen atoms in total. The summed E-state index contributed by atoms with van der Waals surface area (Å²) >= 11 is 0. The highest BCUT2D eigenvalue weighted by atomic mass is 19.1. The number of hydrogen-bond acceptors (Lipinski definition) is 4. The first-order chi connectivity index (χ1) is 12.2. The number of halogens is 1. The summed E-state index contributed by atoms with van der Waals surface area (Å²) in [6.07, 6.45) is 3.21. The Bertz CT molecular complexity index is 759. The van der Waals surface area contributed by atoms with Crippen LogP contribution < -0.4 is 4.74 Å². The molecule has 1 aromatic heterocycles. The van der Waals surface area contributed by atoms with Crippen LogP contribution in [-0.2, 0) is 11.3 Å². The van der Waals surface area contributed by atoms with Crippen molar-refractivity contribution in [1.29, 1.82) is 0 Å². The molecule has 0 spiro atoms. The molecule has 6 heteroatoms. The second kappa shape index (κ2) is 6.88. The van der Waals surface area contributed by atoms with Crippen molar-refractivity contribution in [3.8, 4) is 5.75 Å². The van der Waals surface area contributed by atoms with Crippen LogP contribution in [0.4, 0.5) is 4.39 Å². The minimum absolute atomic E-state index is 0.0728. The molecule has 1 saturated heterocycles. The van der Waals surface area contributed by atoms with Crippen LogP contribution in [-0.4, -0.2) is 36.1 Å². The van der Waals surface area contributed by atoms with Gasteiger partial charge in [0.1, 0.15) is 12.4 Å². The van der Waals surface area contributed by atoms with Crippen LogP contribution in [0.5, 0.6) is 5.75 Å². The van der Waals surface area contributed by atoms with Gasteiger partial charge in [-0.3, -0.25) is 4.79 Å². The monoisotopic (exact) mass is 345 g/mol. The molecule has 1 amide bonds. The summed E-state index contributed by atoms with van der Waals surface area (Å²) in [5.74, 6) is 0.402. The first-order valence-electron chi connectivity index (χ1n) is 8.61. The number of amides is 1. The minimum atomic E-state index is -0.425. The van der Waals surface area contributed by atoms with Crippen molar-refractivity contribution in [2.45, 2.75) is 38.0 Å². The van der Waals surface area contributed by atoms with E-state index in [1.165, 1.54) is 6.07 Å². The molecule has 0 unspecified atom stereocenters. The molecule has 1 aromatic carbocycles. The first-order valence-corrected chi connectivity index (χ1v) is 8.61. The van der Waals surface area contributed by atoms with Gasteiger partial charge in [-0.2, -0.15) is 0 Å². The maximum Gasteiger partial charge on any atom is 0.289 e. The fraction of sp³-hybridized carbons (Fsp3) is 0.421. The third kappa shape index (κ3) is 3.26. The summed E-state index contributed by atoms with van der Waals surface area (Å²) in [4.78, 5) is 14.6. The van der Waals surface area contributed by atoms with E-state index < -0.39 is 5.82 Å². The SMILES string of the molecule is O=C(c1ccc(COc2ccccc2F)o1)N1CCO[C@@H]2CCC[C@@H]21. The van der Waals surface area contributed by atoms with Crippen LogP contribution in [0.2, 0.25) is 0 Å². The van der Waals surface area contributed by atoms with Gasteiger partial charge in [0.15, 0.2) is 17.3 Å². The van der Waals surface area contributed by atoms with E-state index in [0.717, 1.165) is 19.3 Å². The Balaban J connectivity index is 1.42. The fourth-order valence-electron chi connectivity index (χ4n) is 3.60. The molecule has 1 saturated carbocycles. The smallest absolute Gasteiger partial charge is 0.289 e. The van der Waals surface area contributed by atoms with E-state index >= 15 is 0 Å². The molecule has 25 heavy (non-hydrogen) atoms. The molecule has 4 rings (SSSR count). The number of hydrogen-bond donors (Lipinski definition) is 0. The molecule has 2 heterocycles. The van der Waals surface area contributed by atoms with E-state index in [-0.39, 0.29) is 30.4 Å². The molecule has 2 fully saturated rings. The summed E-state index contributed by atoms with van der Waals surface area (Å²) in [7, 11) is 0. The van der Waals surface area contributed by atoms with Crippen LogP contribution in [0, 0.1) is 5.82 Å². The number of benzene rings is 1. The first kappa shape index (κ1) is 16.1. The zero-order chi connectivity index (χ0) is 17.2. The predicted octanol–water partition coefficient (Wildman–Crippen LogP) is 3.39. The summed E-state index contributed by atoms with van der Waals surface area (Å²) < 4.78 is 30.4. The van der Waals surface area contributed by atoms with Crippen LogP contribution in [0.15, 0.2) is 40.8 Å². The van der Waals surface area contributed by atoms with Crippen molar-refractivity contribution in [1.82, 2.24) is 4.90 Å². The minimum Gasteiger partial charge on any atom is -0.483 e. The summed E-state index contributed by atoms with van der Waals surface area (Å²) in [5.41, 5.74) is 0. The van der Waals surface area contributed by atoms with Gasteiger partial charge in [-0.25, -0.2) is 4.39 Å². The summed E-state index contributed by atoms with van der Waals surface area (Å²) in [5, 5.41) is 0. The molecule has 2 aromatic rings. The van der Waals surface area contributed by atoms with Gasteiger partial charge < -0.3 is 18.8 Å². The Kier molecular flexibility index (Phi) is 4.44. The molecule has 0 radical (unpaired) electrons. The Morgan fingerprint density at radius 2 is 2.12 bits per heavy atom. The average molecular weight is 345 g/mol. The quantitative estimate of drug-likeness (QED) is 0.852. The normalized spacial score (nSPS) is 22.7. The van der Waals surface area contributed by atoms with Gasteiger partial charge >= 0.3 is 0 Å². The van der Waals surface area contributed by atoms with Gasteiger partial charge in [0.2, 0.25) is 0 Å². The Morgan fingerprint density at radius 1 is 1.24 bits per heavy atom. The lowest BCUT2D eigenvalue weighted by molar-refractivity contribution is -0.0454. The number of para-hydroxylation sites is 1. The second-order valence-corrected chi connectivity index (χ2v) is 6.39. The predicted molar refractivity (Wildman–Crippen MR) is 87.9 cm³/mol. The third-order valence-electron chi connectivity index (χ3n) is 4.82. The van der Waals surface area contributed by atoms with E-state index in [9.17, 15) is 9.18 Å². The number of fused-ring (bicyclic) bond motifs is 1. The number of carbonyl (C=O) groups is 1. The molecule has 0 bridgehead atoms. The number of morpholine rings is 1. The average Bonchev–Trinajstić information content (AvgIpc) is 3.29. The topological polar surface area (TPSA) is 51.9 Å². The van der Waals surface area contributed by atoms with Crippen molar-refractivity contribution >= 4 is 5.91 Å². The van der Waals surface area contributed by atoms with Gasteiger partial charge in [-0.15, -0.1) is 0 Å². The molecule has 2 aliphatic rings. The van der Waals surface area contributed by atoms with Crippen LogP contribution in [0.25, 0.3) is 0 Å². The van der Waals surface area contributed by atoms with Gasteiger partial charge in [0, 0.05) is 6.54 Å². The van der Waals surface area contributed by atoms with Crippen molar-refractivity contribution in [2.24, 2.45) is 0 Å². The number of nitrogens with zero attached hydrogens (tertiary/aromatic N) is 1. The molecule has 1 aliphatic heterocycles. The summed E-state index contributed by atoms with van der Waals surface area (Å²) in [6.45, 7) is 1.22. The zero-order valence-electron chi connectivity index (χ0n) is 13.8. The Morgan fingerprint density at radius 3 is 3.00 bits per heavy atom. The van der Waals surface area contributed by atoms with Gasteiger partial charge in [0.05, 0.1) is 18.8 Å². The molecular weight excluding hydrogens is 325 g/mol. The highest BCUT2D eigenvalue weighted by Gasteiger charge is 2.39. The highest BCUT2D eigenvalue weighted by molar-refractivity contribution is 5.92. The van der Waals surface area contributed by atoms with E-state index in [4.69, 9.17) is 13.9 Å². The van der Waals surface area contributed by atoms with Gasteiger partial charge in [0.25, 0.3) is 5.91 Å². The fourth-order valence-corrected chi connectivity index (χ4v) is 3.60. The lowest BCUT2D eigenvalue weighted by Crippen LogP contribution is -2.51. The Labute approximate surface area is 145 Å². The van der Waals surface area contributed by atoms with E-state index in [0.29, 0.717) is 24.7 Å². The summed E-state index contributed by atoms with van der Waals surface area (Å²) in [6, 6.07) is 9.68. The Hall–Kier alpha value is -2.34. The lowest BCUT2D eigenvalue weighted by Gasteiger charge is -2.37. The standard InChI is InChI=1S/C19H20FNO4/c20-14-4-1-2-6-16(14)24-12-13-8-9-18(25-13)19(22)21-10-11-23-17-7-3-5-15(17)21/h1-2,4,6,8-9,15,17H,3,5,7,10-12H2/t15-,17+/m0/s1. The van der Waals surface area contributed by atoms with Crippen LogP contribution in [0.3, 0.4) is 0 Å². The second-order valence-electron chi connectivity index (χ2n) is 6.39. The van der Waals surface area contributed by atoms with Crippen LogP contribution >= 0.6 is 0 Å². The van der Waals surface area contributed by atoms with Crippen molar-refractivity contribution in [3.63, 3.8) is 0 Å². The van der Waals surface area contributed by atoms with Gasteiger partial charge in [-0.1, -0.05) is 12.1 Å². The van der Waals surface area contributed by atoms with E-state index in [1.807, 2.05) is 4.90 Å². The maximum atomic E-state index is 13.6. The van der Waals surface area contributed by atoms with Crippen molar-refractivity contribution < 1.29 is 23.1 Å². The van der Waals surface area contributed by atoms with Gasteiger partial charge in [-0.05, 0) is 43.5 Å². The van der Waals surface area contributed by atoms with E-state index in [2.05, 4.69) is 0 Å². The molecular formula is C19H20FNO4. The molecule has 2 atom stereocenters. The number of furan rings is 1. The number of carbonyl (C=O) groups excluding carboxylic acids is 1. The largest absolute Gasteiger partial charge is 0.483 e. The maximum absolute atomic E-state index is 13.6. The molecule has 132 valence electrons. The van der Waals surface area contributed by atoms with Crippen molar-refractivity contribution in [2.75, 3.05) is 13.2 Å². The van der Waals surface area contributed by atoms with Crippen molar-refractivity contribution in [3.05, 3.63) is 53.7 Å². The molecule has 1 aliphatic carbocycles. The third-order valence-corrected chi connectivity index (χ3v) is 4.82. The van der Waals surface area contributed by atoms with Crippen LogP contribution in [0.1, 0.15) is 35.6 Å². The highest BCUT2D eigenvalue weighted by Crippen LogP contribution is 2.31. The number of ether oxygens (including phenoxy) is 2. The number of rotatable bonds is 4. The molecule has 0 N–H and O–H groups in total. The lowest BCUT2D eigenvalue weighted by atomic mass is 10.1.